The van der Waals surface area contributed by atoms with Crippen LogP contribution < -0.4 is 4.80 Å². The van der Waals surface area contributed by atoms with Gasteiger partial charge in [-0.3, -0.25) is 4.79 Å². The molecule has 7 heteroatoms. The van der Waals surface area contributed by atoms with Crippen molar-refractivity contribution in [3.8, 4) is 0 Å². The molecule has 0 radical (unpaired) electrons. The Morgan fingerprint density at radius 3 is 2.95 bits per heavy atom. The van der Waals surface area contributed by atoms with E-state index in [-0.39, 0.29) is 5.69 Å². The Balaban J connectivity index is 2.15. The first-order valence-corrected chi connectivity index (χ1v) is 7.02. The van der Waals surface area contributed by atoms with Gasteiger partial charge in [-0.05, 0) is 19.1 Å². The number of nitrogens with zero attached hydrogens (tertiary/aromatic N) is 3. The highest BCUT2D eigenvalue weighted by molar-refractivity contribution is 7.16. The fraction of sp³-hybridized carbons (Fsp3) is 0.154. The summed E-state index contributed by atoms with van der Waals surface area (Å²) in [5.74, 6) is 0.146. The van der Waals surface area contributed by atoms with Crippen LogP contribution in [0.5, 0.6) is 0 Å². The molecular weight excluding hydrogens is 298 g/mol. The number of aryl methyl sites for hydroxylation is 2. The van der Waals surface area contributed by atoms with Gasteiger partial charge in [0.05, 0.1) is 15.2 Å². The van der Waals surface area contributed by atoms with Gasteiger partial charge in [0, 0.05) is 13.1 Å². The normalized spacial score (nSPS) is 12.2. The third kappa shape index (κ3) is 2.17. The molecule has 20 heavy (non-hydrogen) atoms. The second-order valence-corrected chi connectivity index (χ2v) is 5.69. The molecule has 0 aliphatic carbocycles. The molecule has 0 aliphatic rings. The molecule has 0 saturated heterocycles. The molecule has 2 aromatic heterocycles. The molecule has 1 amide bonds. The number of halogens is 1. The Kier molecular flexibility index (Phi) is 3.19. The first-order valence-electron chi connectivity index (χ1n) is 5.82. The van der Waals surface area contributed by atoms with Crippen LogP contribution in [0.2, 0.25) is 5.02 Å². The number of carbonyl (C=O) groups excluding carboxylic acids is 1. The largest absolute Gasteiger partial charge is 0.361 e. The van der Waals surface area contributed by atoms with Crippen molar-refractivity contribution < 1.29 is 9.32 Å². The quantitative estimate of drug-likeness (QED) is 0.694. The fourth-order valence-corrected chi connectivity index (χ4v) is 3.28. The van der Waals surface area contributed by atoms with Crippen molar-refractivity contribution in [3.63, 3.8) is 0 Å². The van der Waals surface area contributed by atoms with Crippen LogP contribution in [-0.4, -0.2) is 15.6 Å². The summed E-state index contributed by atoms with van der Waals surface area (Å²) in [6.45, 7) is 1.73. The Hall–Kier alpha value is -1.92. The van der Waals surface area contributed by atoms with Gasteiger partial charge in [0.2, 0.25) is 0 Å². The fourth-order valence-electron chi connectivity index (χ4n) is 1.88. The number of thiazole rings is 1. The highest BCUT2D eigenvalue weighted by Crippen LogP contribution is 2.24. The predicted octanol–water partition coefficient (Wildman–Crippen LogP) is 2.93. The predicted molar refractivity (Wildman–Crippen MR) is 76.9 cm³/mol. The van der Waals surface area contributed by atoms with Crippen molar-refractivity contribution in [3.05, 3.63) is 45.5 Å². The molecule has 0 unspecified atom stereocenters. The molecule has 3 rings (SSSR count). The molecule has 0 fully saturated rings. The molecule has 3 aromatic rings. The van der Waals surface area contributed by atoms with E-state index in [1.54, 1.807) is 17.6 Å². The van der Waals surface area contributed by atoms with Crippen LogP contribution in [0.3, 0.4) is 0 Å². The molecule has 5 nitrogen and oxygen atoms in total. The zero-order valence-electron chi connectivity index (χ0n) is 10.8. The molecule has 0 aliphatic heterocycles. The van der Waals surface area contributed by atoms with Gasteiger partial charge in [-0.1, -0.05) is 34.2 Å². The zero-order chi connectivity index (χ0) is 14.3. The summed E-state index contributed by atoms with van der Waals surface area (Å²) in [5.41, 5.74) is 1.06. The summed E-state index contributed by atoms with van der Waals surface area (Å²) in [6, 6.07) is 7.18. The van der Waals surface area contributed by atoms with Gasteiger partial charge in [-0.25, -0.2) is 0 Å². The lowest BCUT2D eigenvalue weighted by molar-refractivity contribution is 0.0989. The second kappa shape index (κ2) is 4.88. The SMILES string of the molecule is Cc1cc(C(=O)N=c2sc3cccc(Cl)c3n2C)no1. The van der Waals surface area contributed by atoms with Gasteiger partial charge < -0.3 is 9.09 Å². The molecule has 0 spiro atoms. The third-order valence-electron chi connectivity index (χ3n) is 2.82. The van der Waals surface area contributed by atoms with Crippen LogP contribution in [0, 0.1) is 6.92 Å². The van der Waals surface area contributed by atoms with Gasteiger partial charge in [0.15, 0.2) is 10.5 Å². The minimum absolute atomic E-state index is 0.200. The number of para-hydroxylation sites is 1. The molecule has 0 bridgehead atoms. The van der Waals surface area contributed by atoms with Crippen LogP contribution >= 0.6 is 22.9 Å². The molecule has 2 heterocycles. The maximum absolute atomic E-state index is 12.0. The number of fused-ring (bicyclic) bond motifs is 1. The Morgan fingerprint density at radius 2 is 2.30 bits per heavy atom. The molecule has 1 aromatic carbocycles. The van der Waals surface area contributed by atoms with Crippen LogP contribution in [0.1, 0.15) is 16.2 Å². The number of hydrogen-bond acceptors (Lipinski definition) is 4. The smallest absolute Gasteiger partial charge is 0.301 e. The van der Waals surface area contributed by atoms with Crippen molar-refractivity contribution in [2.24, 2.45) is 12.0 Å². The van der Waals surface area contributed by atoms with Crippen LogP contribution in [0.25, 0.3) is 10.2 Å². The zero-order valence-corrected chi connectivity index (χ0v) is 12.3. The highest BCUT2D eigenvalue weighted by Gasteiger charge is 2.12. The summed E-state index contributed by atoms with van der Waals surface area (Å²) in [7, 11) is 1.82. The monoisotopic (exact) mass is 307 g/mol. The lowest BCUT2D eigenvalue weighted by atomic mass is 10.3. The maximum Gasteiger partial charge on any atom is 0.301 e. The summed E-state index contributed by atoms with van der Waals surface area (Å²) < 4.78 is 7.65. The summed E-state index contributed by atoms with van der Waals surface area (Å²) >= 11 is 7.56. The standard InChI is InChI=1S/C13H10ClN3O2S/c1-7-6-9(16-19-7)12(18)15-13-17(2)11-8(14)4-3-5-10(11)20-13/h3-6H,1-2H3. The Labute approximate surface area is 123 Å². The van der Waals surface area contributed by atoms with E-state index in [0.29, 0.717) is 15.6 Å². The van der Waals surface area contributed by atoms with Crippen LogP contribution in [-0.2, 0) is 7.05 Å². The lowest BCUT2D eigenvalue weighted by Crippen LogP contribution is -2.13. The van der Waals surface area contributed by atoms with Crippen molar-refractivity contribution in [1.29, 1.82) is 0 Å². The van der Waals surface area contributed by atoms with E-state index >= 15 is 0 Å². The van der Waals surface area contributed by atoms with Gasteiger partial charge in [0.25, 0.3) is 0 Å². The number of aromatic nitrogens is 2. The summed E-state index contributed by atoms with van der Waals surface area (Å²) in [6.07, 6.45) is 0. The molecule has 0 N–H and O–H groups in total. The molecular formula is C13H10ClN3O2S. The van der Waals surface area contributed by atoms with Crippen LogP contribution in [0.15, 0.2) is 33.8 Å². The highest BCUT2D eigenvalue weighted by atomic mass is 35.5. The van der Waals surface area contributed by atoms with Crippen molar-refractivity contribution in [2.75, 3.05) is 0 Å². The van der Waals surface area contributed by atoms with Crippen molar-refractivity contribution in [1.82, 2.24) is 9.72 Å². The minimum Gasteiger partial charge on any atom is -0.361 e. The van der Waals surface area contributed by atoms with E-state index in [1.807, 2.05) is 25.2 Å². The number of benzene rings is 1. The van der Waals surface area contributed by atoms with E-state index in [2.05, 4.69) is 10.1 Å². The van der Waals surface area contributed by atoms with Crippen molar-refractivity contribution >= 4 is 39.1 Å². The summed E-state index contributed by atoms with van der Waals surface area (Å²) in [5, 5.41) is 4.30. The van der Waals surface area contributed by atoms with Crippen molar-refractivity contribution in [2.45, 2.75) is 6.92 Å². The maximum atomic E-state index is 12.0. The number of rotatable bonds is 1. The minimum atomic E-state index is -0.430. The Morgan fingerprint density at radius 1 is 1.50 bits per heavy atom. The van der Waals surface area contributed by atoms with Crippen LogP contribution in [0.4, 0.5) is 0 Å². The first-order chi connectivity index (χ1) is 9.56. The van der Waals surface area contributed by atoms with E-state index in [4.69, 9.17) is 16.1 Å². The molecule has 0 saturated carbocycles. The number of carbonyl (C=O) groups is 1. The lowest BCUT2D eigenvalue weighted by Gasteiger charge is -1.96. The number of hydrogen-bond donors (Lipinski definition) is 0. The molecule has 102 valence electrons. The molecule has 0 atom stereocenters. The first kappa shape index (κ1) is 13.1. The van der Waals surface area contributed by atoms with Gasteiger partial charge in [-0.15, -0.1) is 0 Å². The van der Waals surface area contributed by atoms with E-state index in [0.717, 1.165) is 10.2 Å². The van der Waals surface area contributed by atoms with E-state index in [1.165, 1.54) is 11.3 Å². The average Bonchev–Trinajstić information content (AvgIpc) is 2.96. The summed E-state index contributed by atoms with van der Waals surface area (Å²) in [4.78, 5) is 16.7. The van der Waals surface area contributed by atoms with Gasteiger partial charge in [0.1, 0.15) is 5.76 Å². The van der Waals surface area contributed by atoms with E-state index in [9.17, 15) is 4.79 Å². The van der Waals surface area contributed by atoms with E-state index < -0.39 is 5.91 Å². The van der Waals surface area contributed by atoms with Gasteiger partial charge >= 0.3 is 5.91 Å². The third-order valence-corrected chi connectivity index (χ3v) is 4.22. The number of amides is 1. The second-order valence-electron chi connectivity index (χ2n) is 4.27. The average molecular weight is 308 g/mol. The Bertz CT molecular complexity index is 875. The van der Waals surface area contributed by atoms with Gasteiger partial charge in [-0.2, -0.15) is 4.99 Å². The topological polar surface area (TPSA) is 60.4 Å².